The molecular weight excluding hydrogens is 260 g/mol. The standard InChI is InChI=1S/C17H24N4/c1-3-18-13-16-14(2)19-21(15-9-5-4-6-10-15)17(16)20-11-7-8-12-20/h4-6,9-10,18H,3,7-8,11-13H2,1-2H3. The zero-order valence-electron chi connectivity index (χ0n) is 13.0. The van der Waals surface area contributed by atoms with Crippen LogP contribution < -0.4 is 10.2 Å². The number of hydrogen-bond donors (Lipinski definition) is 1. The molecular formula is C17H24N4. The van der Waals surface area contributed by atoms with E-state index in [1.807, 2.05) is 0 Å². The second kappa shape index (κ2) is 6.31. The highest BCUT2D eigenvalue weighted by atomic mass is 15.4. The Morgan fingerprint density at radius 1 is 1.14 bits per heavy atom. The van der Waals surface area contributed by atoms with E-state index in [0.29, 0.717) is 0 Å². The Kier molecular flexibility index (Phi) is 4.25. The van der Waals surface area contributed by atoms with Crippen LogP contribution in [0.25, 0.3) is 5.69 Å². The summed E-state index contributed by atoms with van der Waals surface area (Å²) in [6.45, 7) is 8.41. The van der Waals surface area contributed by atoms with Crippen LogP contribution in [0.1, 0.15) is 31.0 Å². The van der Waals surface area contributed by atoms with Gasteiger partial charge in [-0.1, -0.05) is 25.1 Å². The van der Waals surface area contributed by atoms with Crippen LogP contribution in [-0.4, -0.2) is 29.4 Å². The Labute approximate surface area is 126 Å². The molecule has 1 aliphatic rings. The van der Waals surface area contributed by atoms with Gasteiger partial charge >= 0.3 is 0 Å². The lowest BCUT2D eigenvalue weighted by molar-refractivity contribution is 0.720. The molecule has 2 aromatic rings. The van der Waals surface area contributed by atoms with E-state index < -0.39 is 0 Å². The minimum Gasteiger partial charge on any atom is -0.356 e. The smallest absolute Gasteiger partial charge is 0.137 e. The quantitative estimate of drug-likeness (QED) is 0.916. The van der Waals surface area contributed by atoms with Gasteiger partial charge in [0.15, 0.2) is 0 Å². The van der Waals surface area contributed by atoms with Crippen molar-refractivity contribution in [1.29, 1.82) is 0 Å². The van der Waals surface area contributed by atoms with Crippen molar-refractivity contribution in [2.45, 2.75) is 33.2 Å². The van der Waals surface area contributed by atoms with Crippen LogP contribution in [0.15, 0.2) is 30.3 Å². The highest BCUT2D eigenvalue weighted by Crippen LogP contribution is 2.29. The Balaban J connectivity index is 2.06. The van der Waals surface area contributed by atoms with Gasteiger partial charge in [-0.2, -0.15) is 5.10 Å². The minimum absolute atomic E-state index is 0.890. The molecule has 4 heteroatoms. The summed E-state index contributed by atoms with van der Waals surface area (Å²) in [6.07, 6.45) is 2.55. The first-order valence-corrected chi connectivity index (χ1v) is 7.91. The Morgan fingerprint density at radius 2 is 1.86 bits per heavy atom. The summed E-state index contributed by atoms with van der Waals surface area (Å²) in [5.41, 5.74) is 3.61. The molecule has 0 amide bonds. The molecule has 0 atom stereocenters. The zero-order valence-corrected chi connectivity index (χ0v) is 13.0. The topological polar surface area (TPSA) is 33.1 Å². The third-order valence-electron chi connectivity index (χ3n) is 4.12. The van der Waals surface area contributed by atoms with E-state index in [9.17, 15) is 0 Å². The molecule has 21 heavy (non-hydrogen) atoms. The second-order valence-corrected chi connectivity index (χ2v) is 5.61. The Morgan fingerprint density at radius 3 is 2.52 bits per heavy atom. The number of hydrogen-bond acceptors (Lipinski definition) is 3. The molecule has 0 saturated carbocycles. The lowest BCUT2D eigenvalue weighted by Crippen LogP contribution is -2.24. The van der Waals surface area contributed by atoms with E-state index in [-0.39, 0.29) is 0 Å². The van der Waals surface area contributed by atoms with Gasteiger partial charge in [-0.05, 0) is 38.4 Å². The van der Waals surface area contributed by atoms with Crippen molar-refractivity contribution in [3.8, 4) is 5.69 Å². The van der Waals surface area contributed by atoms with Crippen molar-refractivity contribution in [2.75, 3.05) is 24.5 Å². The first-order chi connectivity index (χ1) is 10.3. The van der Waals surface area contributed by atoms with Gasteiger partial charge in [-0.3, -0.25) is 0 Å². The van der Waals surface area contributed by atoms with Gasteiger partial charge in [0.25, 0.3) is 0 Å². The minimum atomic E-state index is 0.890. The number of nitrogens with one attached hydrogen (secondary N) is 1. The number of benzene rings is 1. The predicted molar refractivity (Wildman–Crippen MR) is 87.1 cm³/mol. The van der Waals surface area contributed by atoms with Crippen LogP contribution in [0.4, 0.5) is 5.82 Å². The van der Waals surface area contributed by atoms with Gasteiger partial charge in [-0.25, -0.2) is 4.68 Å². The average molecular weight is 284 g/mol. The van der Waals surface area contributed by atoms with Crippen LogP contribution in [-0.2, 0) is 6.54 Å². The summed E-state index contributed by atoms with van der Waals surface area (Å²) in [4.78, 5) is 2.49. The van der Waals surface area contributed by atoms with Gasteiger partial charge in [0, 0.05) is 25.2 Å². The van der Waals surface area contributed by atoms with Gasteiger partial charge < -0.3 is 10.2 Å². The summed E-state index contributed by atoms with van der Waals surface area (Å²) in [5, 5.41) is 8.27. The molecule has 1 aromatic carbocycles. The molecule has 1 N–H and O–H groups in total. The number of rotatable bonds is 5. The first kappa shape index (κ1) is 14.1. The van der Waals surface area contributed by atoms with Crippen molar-refractivity contribution in [1.82, 2.24) is 15.1 Å². The fourth-order valence-electron chi connectivity index (χ4n) is 3.01. The van der Waals surface area contributed by atoms with Crippen molar-refractivity contribution in [3.05, 3.63) is 41.6 Å². The first-order valence-electron chi connectivity index (χ1n) is 7.91. The van der Waals surface area contributed by atoms with E-state index in [0.717, 1.165) is 37.6 Å². The summed E-state index contributed by atoms with van der Waals surface area (Å²) in [6, 6.07) is 10.5. The number of aromatic nitrogens is 2. The molecule has 0 aliphatic carbocycles. The number of aryl methyl sites for hydroxylation is 1. The molecule has 0 unspecified atom stereocenters. The maximum absolute atomic E-state index is 4.81. The SMILES string of the molecule is CCNCc1c(C)nn(-c2ccccc2)c1N1CCCC1. The molecule has 1 saturated heterocycles. The molecule has 1 aliphatic heterocycles. The van der Waals surface area contributed by atoms with E-state index in [4.69, 9.17) is 5.10 Å². The highest BCUT2D eigenvalue weighted by molar-refractivity contribution is 5.55. The predicted octanol–water partition coefficient (Wildman–Crippen LogP) is 2.89. The largest absolute Gasteiger partial charge is 0.356 e. The van der Waals surface area contributed by atoms with Gasteiger partial charge in [-0.15, -0.1) is 0 Å². The number of para-hydroxylation sites is 1. The molecule has 0 spiro atoms. The third-order valence-corrected chi connectivity index (χ3v) is 4.12. The van der Waals surface area contributed by atoms with Crippen LogP contribution >= 0.6 is 0 Å². The summed E-state index contributed by atoms with van der Waals surface area (Å²) in [7, 11) is 0. The fourth-order valence-corrected chi connectivity index (χ4v) is 3.01. The zero-order chi connectivity index (χ0) is 14.7. The summed E-state index contributed by atoms with van der Waals surface area (Å²) < 4.78 is 2.12. The van der Waals surface area contributed by atoms with Crippen LogP contribution in [0.3, 0.4) is 0 Å². The van der Waals surface area contributed by atoms with Crippen molar-refractivity contribution < 1.29 is 0 Å². The lowest BCUT2D eigenvalue weighted by Gasteiger charge is -2.21. The maximum atomic E-state index is 4.81. The molecule has 1 aromatic heterocycles. The fraction of sp³-hybridized carbons (Fsp3) is 0.471. The van der Waals surface area contributed by atoms with E-state index in [1.165, 1.54) is 24.2 Å². The third kappa shape index (κ3) is 2.81. The molecule has 0 radical (unpaired) electrons. The Hall–Kier alpha value is -1.81. The number of nitrogens with zero attached hydrogens (tertiary/aromatic N) is 3. The molecule has 2 heterocycles. The monoisotopic (exact) mass is 284 g/mol. The molecule has 4 nitrogen and oxygen atoms in total. The normalized spacial score (nSPS) is 14.9. The van der Waals surface area contributed by atoms with Gasteiger partial charge in [0.05, 0.1) is 11.4 Å². The van der Waals surface area contributed by atoms with E-state index in [2.05, 4.69) is 59.1 Å². The molecule has 3 rings (SSSR count). The maximum Gasteiger partial charge on any atom is 0.137 e. The van der Waals surface area contributed by atoms with E-state index >= 15 is 0 Å². The second-order valence-electron chi connectivity index (χ2n) is 5.61. The van der Waals surface area contributed by atoms with Crippen LogP contribution in [0.2, 0.25) is 0 Å². The molecule has 0 bridgehead atoms. The highest BCUT2D eigenvalue weighted by Gasteiger charge is 2.23. The summed E-state index contributed by atoms with van der Waals surface area (Å²) >= 11 is 0. The average Bonchev–Trinajstić information content (AvgIpc) is 3.13. The van der Waals surface area contributed by atoms with Crippen LogP contribution in [0.5, 0.6) is 0 Å². The molecule has 112 valence electrons. The number of anilines is 1. The van der Waals surface area contributed by atoms with E-state index in [1.54, 1.807) is 0 Å². The lowest BCUT2D eigenvalue weighted by atomic mass is 10.2. The van der Waals surface area contributed by atoms with Crippen LogP contribution in [0, 0.1) is 6.92 Å². The van der Waals surface area contributed by atoms with Gasteiger partial charge in [0.1, 0.15) is 5.82 Å². The van der Waals surface area contributed by atoms with Crippen molar-refractivity contribution in [3.63, 3.8) is 0 Å². The molecule has 1 fully saturated rings. The Bertz CT molecular complexity index is 582. The van der Waals surface area contributed by atoms with Crippen molar-refractivity contribution in [2.24, 2.45) is 0 Å². The van der Waals surface area contributed by atoms with Gasteiger partial charge in [0.2, 0.25) is 0 Å². The summed E-state index contributed by atoms with van der Waals surface area (Å²) in [5.74, 6) is 1.28. The van der Waals surface area contributed by atoms with Crippen molar-refractivity contribution >= 4 is 5.82 Å².